The highest BCUT2D eigenvalue weighted by atomic mass is 16.2. The summed E-state index contributed by atoms with van der Waals surface area (Å²) in [7, 11) is 0. The highest BCUT2D eigenvalue weighted by Gasteiger charge is 2.38. The SMILES string of the molecule is C/C=C/C(=O)NCc1ccc2c(c1)C(=O)N(C1CCC(=O)NC1=O)C2. The summed E-state index contributed by atoms with van der Waals surface area (Å²) in [5, 5.41) is 5.02. The van der Waals surface area contributed by atoms with Gasteiger partial charge in [0.05, 0.1) is 0 Å². The molecule has 0 saturated carbocycles. The Morgan fingerprint density at radius 1 is 1.36 bits per heavy atom. The van der Waals surface area contributed by atoms with Crippen LogP contribution in [0.1, 0.15) is 41.3 Å². The summed E-state index contributed by atoms with van der Waals surface area (Å²) in [6, 6.07) is 4.83. The van der Waals surface area contributed by atoms with Gasteiger partial charge in [0.25, 0.3) is 5.91 Å². The van der Waals surface area contributed by atoms with Crippen LogP contribution in [0, 0.1) is 0 Å². The van der Waals surface area contributed by atoms with E-state index in [1.54, 1.807) is 19.1 Å². The zero-order chi connectivity index (χ0) is 18.0. The zero-order valence-electron chi connectivity index (χ0n) is 13.9. The fraction of sp³-hybridized carbons (Fsp3) is 0.333. The minimum atomic E-state index is -0.615. The maximum Gasteiger partial charge on any atom is 0.255 e. The van der Waals surface area contributed by atoms with E-state index in [4.69, 9.17) is 0 Å². The molecule has 0 bridgehead atoms. The molecule has 1 aromatic rings. The number of benzene rings is 1. The van der Waals surface area contributed by atoms with E-state index in [2.05, 4.69) is 10.6 Å². The van der Waals surface area contributed by atoms with Gasteiger partial charge < -0.3 is 10.2 Å². The van der Waals surface area contributed by atoms with Crippen LogP contribution in [0.2, 0.25) is 0 Å². The number of piperidine rings is 1. The number of rotatable bonds is 4. The predicted molar refractivity (Wildman–Crippen MR) is 89.1 cm³/mol. The van der Waals surface area contributed by atoms with E-state index < -0.39 is 11.9 Å². The first-order chi connectivity index (χ1) is 12.0. The summed E-state index contributed by atoms with van der Waals surface area (Å²) in [4.78, 5) is 49.0. The summed E-state index contributed by atoms with van der Waals surface area (Å²) in [6.07, 6.45) is 3.66. The Labute approximate surface area is 145 Å². The molecule has 2 N–H and O–H groups in total. The van der Waals surface area contributed by atoms with E-state index in [9.17, 15) is 19.2 Å². The van der Waals surface area contributed by atoms with Crippen molar-refractivity contribution in [2.24, 2.45) is 0 Å². The van der Waals surface area contributed by atoms with Crippen LogP contribution in [0.4, 0.5) is 0 Å². The van der Waals surface area contributed by atoms with Crippen molar-refractivity contribution >= 4 is 23.6 Å². The van der Waals surface area contributed by atoms with Gasteiger partial charge in [0.15, 0.2) is 0 Å². The van der Waals surface area contributed by atoms with Crippen molar-refractivity contribution in [2.45, 2.75) is 38.9 Å². The first-order valence-corrected chi connectivity index (χ1v) is 8.16. The van der Waals surface area contributed by atoms with Crippen LogP contribution in [0.15, 0.2) is 30.4 Å². The van der Waals surface area contributed by atoms with E-state index in [1.807, 2.05) is 12.1 Å². The van der Waals surface area contributed by atoms with E-state index >= 15 is 0 Å². The van der Waals surface area contributed by atoms with E-state index in [0.717, 1.165) is 11.1 Å². The molecule has 4 amide bonds. The fourth-order valence-corrected chi connectivity index (χ4v) is 3.11. The zero-order valence-corrected chi connectivity index (χ0v) is 13.9. The molecular weight excluding hydrogens is 322 g/mol. The van der Waals surface area contributed by atoms with E-state index in [1.165, 1.54) is 11.0 Å². The third-order valence-electron chi connectivity index (χ3n) is 4.38. The van der Waals surface area contributed by atoms with E-state index in [0.29, 0.717) is 25.1 Å². The first kappa shape index (κ1) is 16.9. The summed E-state index contributed by atoms with van der Waals surface area (Å²) in [5.74, 6) is -1.13. The van der Waals surface area contributed by atoms with Crippen LogP contribution in [0.25, 0.3) is 0 Å². The maximum absolute atomic E-state index is 12.7. The van der Waals surface area contributed by atoms with Gasteiger partial charge in [-0.3, -0.25) is 24.5 Å². The smallest absolute Gasteiger partial charge is 0.255 e. The molecule has 2 aliphatic rings. The molecule has 7 heteroatoms. The Morgan fingerprint density at radius 2 is 2.16 bits per heavy atom. The molecule has 1 aromatic carbocycles. The number of nitrogens with zero attached hydrogens (tertiary/aromatic N) is 1. The van der Waals surface area contributed by atoms with Crippen LogP contribution in [-0.2, 0) is 27.5 Å². The lowest BCUT2D eigenvalue weighted by Gasteiger charge is -2.29. The van der Waals surface area contributed by atoms with Gasteiger partial charge in [-0.2, -0.15) is 0 Å². The van der Waals surface area contributed by atoms with Crippen LogP contribution < -0.4 is 10.6 Å². The van der Waals surface area contributed by atoms with Crippen LogP contribution in [0.3, 0.4) is 0 Å². The Balaban J connectivity index is 1.72. The van der Waals surface area contributed by atoms with Gasteiger partial charge >= 0.3 is 0 Å². The van der Waals surface area contributed by atoms with Gasteiger partial charge in [-0.25, -0.2) is 0 Å². The lowest BCUT2D eigenvalue weighted by molar-refractivity contribution is -0.137. The minimum absolute atomic E-state index is 0.195. The molecule has 0 spiro atoms. The molecule has 1 atom stereocenters. The number of imide groups is 1. The molecule has 130 valence electrons. The van der Waals surface area contributed by atoms with E-state index in [-0.39, 0.29) is 24.1 Å². The third kappa shape index (κ3) is 3.45. The van der Waals surface area contributed by atoms with Crippen molar-refractivity contribution < 1.29 is 19.2 Å². The standard InChI is InChI=1S/C18H19N3O4/c1-2-3-15(22)19-9-11-4-5-12-10-21(18(25)13(12)8-11)14-6-7-16(23)20-17(14)24/h2-5,8,14H,6-7,9-10H2,1H3,(H,19,22)(H,20,23,24)/b3-2+. The Morgan fingerprint density at radius 3 is 2.88 bits per heavy atom. The number of nitrogens with one attached hydrogen (secondary N) is 2. The second-order valence-electron chi connectivity index (χ2n) is 6.11. The molecule has 1 unspecified atom stereocenters. The molecule has 3 rings (SSSR count). The second kappa shape index (κ2) is 6.88. The largest absolute Gasteiger partial charge is 0.348 e. The summed E-state index contributed by atoms with van der Waals surface area (Å²) < 4.78 is 0. The monoisotopic (exact) mass is 341 g/mol. The Kier molecular flexibility index (Phi) is 4.65. The highest BCUT2D eigenvalue weighted by molar-refractivity contribution is 6.05. The van der Waals surface area contributed by atoms with Crippen molar-refractivity contribution in [2.75, 3.05) is 0 Å². The van der Waals surface area contributed by atoms with Gasteiger partial charge in [0.1, 0.15) is 6.04 Å². The fourth-order valence-electron chi connectivity index (χ4n) is 3.11. The average molecular weight is 341 g/mol. The van der Waals surface area contributed by atoms with Gasteiger partial charge in [0.2, 0.25) is 17.7 Å². The van der Waals surface area contributed by atoms with Crippen LogP contribution in [0.5, 0.6) is 0 Å². The third-order valence-corrected chi connectivity index (χ3v) is 4.38. The lowest BCUT2D eigenvalue weighted by atomic mass is 10.0. The summed E-state index contributed by atoms with van der Waals surface area (Å²) in [6.45, 7) is 2.44. The average Bonchev–Trinajstić information content (AvgIpc) is 2.90. The molecule has 2 aliphatic heterocycles. The van der Waals surface area contributed by atoms with Crippen molar-refractivity contribution in [3.63, 3.8) is 0 Å². The topological polar surface area (TPSA) is 95.6 Å². The minimum Gasteiger partial charge on any atom is -0.348 e. The van der Waals surface area contributed by atoms with Crippen LogP contribution in [-0.4, -0.2) is 34.6 Å². The first-order valence-electron chi connectivity index (χ1n) is 8.16. The van der Waals surface area contributed by atoms with Gasteiger partial charge in [0, 0.05) is 25.1 Å². The second-order valence-corrected chi connectivity index (χ2v) is 6.11. The predicted octanol–water partition coefficient (Wildman–Crippen LogP) is 0.640. The number of carbonyl (C=O) groups is 4. The molecule has 25 heavy (non-hydrogen) atoms. The molecular formula is C18H19N3O4. The van der Waals surface area contributed by atoms with Gasteiger partial charge in [-0.05, 0) is 36.6 Å². The van der Waals surface area contributed by atoms with Crippen molar-refractivity contribution in [3.05, 3.63) is 47.0 Å². The highest BCUT2D eigenvalue weighted by Crippen LogP contribution is 2.28. The number of amides is 4. The summed E-state index contributed by atoms with van der Waals surface area (Å²) >= 11 is 0. The number of carbonyl (C=O) groups excluding carboxylic acids is 4. The number of hydrogen-bond acceptors (Lipinski definition) is 4. The molecule has 1 fully saturated rings. The summed E-state index contributed by atoms with van der Waals surface area (Å²) in [5.41, 5.74) is 2.20. The number of allylic oxidation sites excluding steroid dienone is 1. The number of fused-ring (bicyclic) bond motifs is 1. The molecule has 0 aliphatic carbocycles. The maximum atomic E-state index is 12.7. The van der Waals surface area contributed by atoms with Gasteiger partial charge in [-0.15, -0.1) is 0 Å². The normalized spacial score (nSPS) is 20.0. The molecule has 0 radical (unpaired) electrons. The van der Waals surface area contributed by atoms with Gasteiger partial charge in [-0.1, -0.05) is 18.2 Å². The molecule has 1 saturated heterocycles. The van der Waals surface area contributed by atoms with Crippen molar-refractivity contribution in [1.82, 2.24) is 15.5 Å². The Bertz CT molecular complexity index is 785. The molecule has 2 heterocycles. The Hall–Kier alpha value is -2.96. The molecule has 0 aromatic heterocycles. The number of hydrogen-bond donors (Lipinski definition) is 2. The molecule has 7 nitrogen and oxygen atoms in total. The van der Waals surface area contributed by atoms with Crippen LogP contribution >= 0.6 is 0 Å². The quantitative estimate of drug-likeness (QED) is 0.620. The van der Waals surface area contributed by atoms with Crippen molar-refractivity contribution in [1.29, 1.82) is 0 Å². The van der Waals surface area contributed by atoms with Crippen molar-refractivity contribution in [3.8, 4) is 0 Å². The lowest BCUT2D eigenvalue weighted by Crippen LogP contribution is -2.52.